The molecule has 1 heterocycles. The number of ether oxygens (including phenoxy) is 1. The first kappa shape index (κ1) is 16.0. The largest absolute Gasteiger partial charge is 0.442 e. The minimum atomic E-state index is -3.72. The van der Waals surface area contributed by atoms with E-state index in [1.165, 1.54) is 0 Å². The number of carbonyl (C=O) groups excluding carboxylic acids is 1. The number of carbonyl (C=O) groups is 1. The van der Waals surface area contributed by atoms with Gasteiger partial charge in [-0.25, -0.2) is 8.42 Å². The lowest BCUT2D eigenvalue weighted by Crippen LogP contribution is -2.39. The van der Waals surface area contributed by atoms with E-state index in [1.54, 1.807) is 44.2 Å². The van der Waals surface area contributed by atoms with Gasteiger partial charge in [0.2, 0.25) is 14.8 Å². The van der Waals surface area contributed by atoms with Crippen molar-refractivity contribution >= 4 is 15.8 Å². The minimum absolute atomic E-state index is 0.204. The summed E-state index contributed by atoms with van der Waals surface area (Å²) in [5, 5.41) is 0. The predicted octanol–water partition coefficient (Wildman–Crippen LogP) is 3.32. The lowest BCUT2D eigenvalue weighted by Gasteiger charge is -2.28. The summed E-state index contributed by atoms with van der Waals surface area (Å²) in [6.07, 6.45) is 2.10. The average molecular weight is 310 g/mol. The smallest absolute Gasteiger partial charge is 0.313 e. The van der Waals surface area contributed by atoms with Gasteiger partial charge >= 0.3 is 5.97 Å². The Hall–Kier alpha value is -1.36. The van der Waals surface area contributed by atoms with E-state index < -0.39 is 26.2 Å². The molecule has 1 unspecified atom stereocenters. The Balaban J connectivity index is 2.50. The summed E-state index contributed by atoms with van der Waals surface area (Å²) >= 11 is 0. The number of esters is 1. The summed E-state index contributed by atoms with van der Waals surface area (Å²) in [6.45, 7) is 5.47. The SMILES string of the molecule is CCCCC1(S(=O)(=O)c2ccccc2)CC(C)(C)C(=O)O1. The van der Waals surface area contributed by atoms with Crippen LogP contribution in [-0.2, 0) is 19.4 Å². The Morgan fingerprint density at radius 1 is 1.19 bits per heavy atom. The molecule has 0 bridgehead atoms. The number of cyclic esters (lactones) is 1. The zero-order valence-electron chi connectivity index (χ0n) is 12.8. The van der Waals surface area contributed by atoms with Crippen LogP contribution in [0.3, 0.4) is 0 Å². The topological polar surface area (TPSA) is 60.4 Å². The van der Waals surface area contributed by atoms with E-state index in [0.29, 0.717) is 12.8 Å². The van der Waals surface area contributed by atoms with Crippen molar-refractivity contribution in [1.82, 2.24) is 0 Å². The highest BCUT2D eigenvalue weighted by atomic mass is 32.2. The monoisotopic (exact) mass is 310 g/mol. The lowest BCUT2D eigenvalue weighted by molar-refractivity contribution is -0.149. The van der Waals surface area contributed by atoms with Crippen molar-refractivity contribution in [2.45, 2.75) is 56.3 Å². The van der Waals surface area contributed by atoms with E-state index in [9.17, 15) is 13.2 Å². The number of benzene rings is 1. The van der Waals surface area contributed by atoms with Gasteiger partial charge in [-0.1, -0.05) is 31.5 Å². The molecule has 1 saturated heterocycles. The van der Waals surface area contributed by atoms with Crippen LogP contribution in [0, 0.1) is 5.41 Å². The van der Waals surface area contributed by atoms with Crippen molar-refractivity contribution in [1.29, 1.82) is 0 Å². The quantitative estimate of drug-likeness (QED) is 0.783. The van der Waals surface area contributed by atoms with E-state index in [-0.39, 0.29) is 11.3 Å². The first-order chi connectivity index (χ1) is 9.75. The Morgan fingerprint density at radius 2 is 1.81 bits per heavy atom. The summed E-state index contributed by atoms with van der Waals surface area (Å²) in [6, 6.07) is 8.25. The van der Waals surface area contributed by atoms with E-state index in [4.69, 9.17) is 4.74 Å². The molecule has 1 fully saturated rings. The first-order valence-corrected chi connectivity index (χ1v) is 8.77. The molecular weight excluding hydrogens is 288 g/mol. The van der Waals surface area contributed by atoms with Gasteiger partial charge in [0.15, 0.2) is 0 Å². The number of rotatable bonds is 5. The highest BCUT2D eigenvalue weighted by Crippen LogP contribution is 2.48. The zero-order valence-corrected chi connectivity index (χ0v) is 13.6. The van der Waals surface area contributed by atoms with Gasteiger partial charge in [-0.05, 0) is 32.4 Å². The average Bonchev–Trinajstić information content (AvgIpc) is 2.69. The van der Waals surface area contributed by atoms with Gasteiger partial charge in [-0.3, -0.25) is 4.79 Å². The van der Waals surface area contributed by atoms with Crippen molar-refractivity contribution in [2.24, 2.45) is 5.41 Å². The Bertz CT molecular complexity index is 619. The Morgan fingerprint density at radius 3 is 2.29 bits per heavy atom. The van der Waals surface area contributed by atoms with Crippen LogP contribution < -0.4 is 0 Å². The first-order valence-electron chi connectivity index (χ1n) is 7.28. The van der Waals surface area contributed by atoms with Crippen LogP contribution in [0.15, 0.2) is 35.2 Å². The molecule has 1 aromatic carbocycles. The van der Waals surface area contributed by atoms with E-state index in [2.05, 4.69) is 0 Å². The number of unbranched alkanes of at least 4 members (excludes halogenated alkanes) is 1. The fourth-order valence-electron chi connectivity index (χ4n) is 2.77. The predicted molar refractivity (Wildman–Crippen MR) is 80.4 cm³/mol. The maximum Gasteiger partial charge on any atom is 0.313 e. The van der Waals surface area contributed by atoms with Crippen molar-refractivity contribution in [3.8, 4) is 0 Å². The molecule has 1 aliphatic heterocycles. The molecule has 0 aromatic heterocycles. The Kier molecular flexibility index (Phi) is 4.15. The summed E-state index contributed by atoms with van der Waals surface area (Å²) in [5.74, 6) is -0.432. The molecule has 0 amide bonds. The fourth-order valence-corrected chi connectivity index (χ4v) is 4.87. The van der Waals surface area contributed by atoms with Crippen LogP contribution in [0.4, 0.5) is 0 Å². The van der Waals surface area contributed by atoms with Crippen molar-refractivity contribution in [3.05, 3.63) is 30.3 Å². The number of hydrogen-bond acceptors (Lipinski definition) is 4. The van der Waals surface area contributed by atoms with Crippen molar-refractivity contribution in [3.63, 3.8) is 0 Å². The van der Waals surface area contributed by atoms with Gasteiger partial charge in [-0.2, -0.15) is 0 Å². The summed E-state index contributed by atoms with van der Waals surface area (Å²) < 4.78 is 31.5. The second-order valence-corrected chi connectivity index (χ2v) is 8.50. The van der Waals surface area contributed by atoms with Crippen LogP contribution in [0.25, 0.3) is 0 Å². The molecular formula is C16H22O4S. The lowest BCUT2D eigenvalue weighted by atomic mass is 9.88. The standard InChI is InChI=1S/C16H22O4S/c1-4-5-11-16(12-15(2,3)14(17)20-16)21(18,19)13-9-7-6-8-10-13/h6-10H,4-5,11-12H2,1-3H3. The van der Waals surface area contributed by atoms with Crippen LogP contribution in [-0.4, -0.2) is 19.3 Å². The molecule has 0 aliphatic carbocycles. The third-order valence-corrected chi connectivity index (χ3v) is 6.30. The second kappa shape index (κ2) is 5.44. The molecule has 4 nitrogen and oxygen atoms in total. The highest BCUT2D eigenvalue weighted by molar-refractivity contribution is 7.92. The molecule has 0 N–H and O–H groups in total. The molecule has 21 heavy (non-hydrogen) atoms. The van der Waals surface area contributed by atoms with Crippen LogP contribution in [0.1, 0.15) is 46.5 Å². The minimum Gasteiger partial charge on any atom is -0.442 e. The molecule has 0 radical (unpaired) electrons. The van der Waals surface area contributed by atoms with E-state index in [0.717, 1.165) is 6.42 Å². The molecule has 116 valence electrons. The van der Waals surface area contributed by atoms with Gasteiger partial charge in [-0.15, -0.1) is 0 Å². The van der Waals surface area contributed by atoms with Gasteiger partial charge in [0.25, 0.3) is 0 Å². The zero-order chi connectivity index (χ0) is 15.7. The molecule has 2 rings (SSSR count). The maximum absolute atomic E-state index is 13.0. The molecule has 0 saturated carbocycles. The Labute approximate surface area is 126 Å². The molecule has 1 aromatic rings. The number of hydrogen-bond donors (Lipinski definition) is 0. The van der Waals surface area contributed by atoms with Gasteiger partial charge in [0.05, 0.1) is 10.3 Å². The molecule has 5 heteroatoms. The van der Waals surface area contributed by atoms with Crippen molar-refractivity contribution in [2.75, 3.05) is 0 Å². The third-order valence-electron chi connectivity index (χ3n) is 4.00. The van der Waals surface area contributed by atoms with Gasteiger partial charge in [0, 0.05) is 12.8 Å². The highest BCUT2D eigenvalue weighted by Gasteiger charge is 2.59. The summed E-state index contributed by atoms with van der Waals surface area (Å²) in [4.78, 5) is 10.9. The summed E-state index contributed by atoms with van der Waals surface area (Å²) in [5.41, 5.74) is -0.768. The van der Waals surface area contributed by atoms with Crippen LogP contribution >= 0.6 is 0 Å². The summed E-state index contributed by atoms with van der Waals surface area (Å²) in [7, 11) is -3.72. The number of sulfone groups is 1. The van der Waals surface area contributed by atoms with E-state index in [1.807, 2.05) is 6.92 Å². The van der Waals surface area contributed by atoms with Crippen LogP contribution in [0.5, 0.6) is 0 Å². The normalized spacial score (nSPS) is 24.8. The van der Waals surface area contributed by atoms with Gasteiger partial charge < -0.3 is 4.74 Å². The third kappa shape index (κ3) is 2.71. The molecule has 1 atom stereocenters. The van der Waals surface area contributed by atoms with Gasteiger partial charge in [0.1, 0.15) is 0 Å². The second-order valence-electron chi connectivity index (χ2n) is 6.28. The molecule has 1 aliphatic rings. The maximum atomic E-state index is 13.0. The van der Waals surface area contributed by atoms with Crippen molar-refractivity contribution < 1.29 is 17.9 Å². The van der Waals surface area contributed by atoms with Crippen LogP contribution in [0.2, 0.25) is 0 Å². The fraction of sp³-hybridized carbons (Fsp3) is 0.562. The molecule has 0 spiro atoms. The van der Waals surface area contributed by atoms with E-state index >= 15 is 0 Å².